The fourth-order valence-electron chi connectivity index (χ4n) is 11.1. The Morgan fingerprint density at radius 2 is 0.562 bits per heavy atom. The highest BCUT2D eigenvalue weighted by Gasteiger charge is 2.27. The highest BCUT2D eigenvalue weighted by atomic mass is 31.2. The van der Waals surface area contributed by atoms with Crippen molar-refractivity contribution in [3.63, 3.8) is 0 Å². The van der Waals surface area contributed by atoms with Crippen molar-refractivity contribution in [2.75, 3.05) is 47.5 Å². The van der Waals surface area contributed by atoms with Crippen LogP contribution < -0.4 is 0 Å². The van der Waals surface area contributed by atoms with Crippen LogP contribution in [0.4, 0.5) is 0 Å². The molecule has 0 fully saturated rings. The lowest BCUT2D eigenvalue weighted by molar-refractivity contribution is -0.870. The highest BCUT2D eigenvalue weighted by molar-refractivity contribution is 7.47. The number of phosphoric acid groups is 1. The SMILES string of the molecule is CCCCCCCCCCCCCCCCCCCCCCCCCCCCCCCCCCCC(=O)OC(COC(=O)CCCCCCCCCCCCCCCCCCCCCCCCC)COP(=O)(O)OCC[N+](C)(C)C. The second kappa shape index (κ2) is 62.5. The van der Waals surface area contributed by atoms with Gasteiger partial charge in [0.2, 0.25) is 0 Å². The van der Waals surface area contributed by atoms with Gasteiger partial charge in [-0.2, -0.15) is 0 Å². The van der Waals surface area contributed by atoms with Crippen molar-refractivity contribution in [3.05, 3.63) is 0 Å². The molecule has 9 nitrogen and oxygen atoms in total. The lowest BCUT2D eigenvalue weighted by Gasteiger charge is -2.24. The van der Waals surface area contributed by atoms with Crippen LogP contribution in [0.15, 0.2) is 0 Å². The number of carbonyl (C=O) groups excluding carboxylic acids is 2. The van der Waals surface area contributed by atoms with E-state index in [4.69, 9.17) is 18.5 Å². The van der Waals surface area contributed by atoms with Crippen molar-refractivity contribution in [3.8, 4) is 0 Å². The maximum absolute atomic E-state index is 12.9. The standard InChI is InChI=1S/C70H140NO8P/c1-6-8-10-12-14-16-18-20-22-24-26-28-30-31-32-33-34-35-36-37-38-39-41-43-45-47-49-51-53-55-57-59-61-63-70(73)79-68(67-78-80(74,75)77-65-64-71(3,4)5)66-76-69(72)62-60-58-56-54-52-50-48-46-44-42-40-29-27-25-23-21-19-17-15-13-11-9-7-2/h68H,6-67H2,1-5H3/p+1. The Labute approximate surface area is 499 Å². The van der Waals surface area contributed by atoms with Gasteiger partial charge < -0.3 is 18.9 Å². The van der Waals surface area contributed by atoms with E-state index in [1.807, 2.05) is 21.1 Å². The summed E-state index contributed by atoms with van der Waals surface area (Å²) in [6.07, 6.45) is 75.1. The summed E-state index contributed by atoms with van der Waals surface area (Å²) in [5.74, 6) is -0.767. The molecular weight excluding hydrogens is 1010 g/mol. The third kappa shape index (κ3) is 66.2. The summed E-state index contributed by atoms with van der Waals surface area (Å²) in [5.41, 5.74) is 0. The van der Waals surface area contributed by atoms with Crippen LogP contribution in [0.5, 0.6) is 0 Å². The predicted octanol–water partition coefficient (Wildman–Crippen LogP) is 22.9. The van der Waals surface area contributed by atoms with E-state index in [1.54, 1.807) is 0 Å². The number of rotatable bonds is 68. The lowest BCUT2D eigenvalue weighted by Crippen LogP contribution is -2.37. The molecule has 80 heavy (non-hydrogen) atoms. The number of unbranched alkanes of at least 4 members (excludes halogenated alkanes) is 54. The molecule has 0 rings (SSSR count). The summed E-state index contributed by atoms with van der Waals surface area (Å²) >= 11 is 0. The highest BCUT2D eigenvalue weighted by Crippen LogP contribution is 2.43. The number of carbonyl (C=O) groups is 2. The van der Waals surface area contributed by atoms with E-state index in [2.05, 4.69) is 13.8 Å². The Hall–Kier alpha value is -0.990. The van der Waals surface area contributed by atoms with Crippen LogP contribution in [0.25, 0.3) is 0 Å². The number of ether oxygens (including phenoxy) is 2. The third-order valence-corrected chi connectivity index (χ3v) is 17.6. The maximum Gasteiger partial charge on any atom is 0.472 e. The first-order valence-corrected chi connectivity index (χ1v) is 37.3. The number of esters is 2. The second-order valence-electron chi connectivity index (χ2n) is 26.0. The fraction of sp³-hybridized carbons (Fsp3) is 0.971. The van der Waals surface area contributed by atoms with E-state index < -0.39 is 26.5 Å². The van der Waals surface area contributed by atoms with Gasteiger partial charge in [-0.15, -0.1) is 0 Å². The van der Waals surface area contributed by atoms with Crippen LogP contribution in [0.2, 0.25) is 0 Å². The van der Waals surface area contributed by atoms with Gasteiger partial charge in [-0.05, 0) is 12.8 Å². The number of hydrogen-bond acceptors (Lipinski definition) is 7. The van der Waals surface area contributed by atoms with Crippen molar-refractivity contribution in [1.82, 2.24) is 0 Å². The van der Waals surface area contributed by atoms with Crippen molar-refractivity contribution in [1.29, 1.82) is 0 Å². The molecule has 0 aliphatic carbocycles. The van der Waals surface area contributed by atoms with Crippen molar-refractivity contribution < 1.29 is 42.1 Å². The van der Waals surface area contributed by atoms with Gasteiger partial charge in [0.15, 0.2) is 6.10 Å². The van der Waals surface area contributed by atoms with E-state index in [1.165, 1.54) is 321 Å². The van der Waals surface area contributed by atoms with Gasteiger partial charge in [-0.25, -0.2) is 4.57 Å². The molecule has 0 aliphatic heterocycles. The molecule has 2 atom stereocenters. The topological polar surface area (TPSA) is 108 Å². The first-order valence-electron chi connectivity index (χ1n) is 35.8. The zero-order valence-electron chi connectivity index (χ0n) is 54.6. The zero-order valence-corrected chi connectivity index (χ0v) is 55.5. The molecule has 0 aromatic carbocycles. The van der Waals surface area contributed by atoms with Crippen molar-refractivity contribution in [2.24, 2.45) is 0 Å². The van der Waals surface area contributed by atoms with E-state index in [0.29, 0.717) is 17.4 Å². The van der Waals surface area contributed by atoms with Crippen LogP contribution in [-0.4, -0.2) is 74.9 Å². The Bertz CT molecular complexity index is 1310. The Morgan fingerprint density at radius 1 is 0.338 bits per heavy atom. The molecule has 0 saturated heterocycles. The fourth-order valence-corrected chi connectivity index (χ4v) is 11.9. The van der Waals surface area contributed by atoms with Crippen LogP contribution in [-0.2, 0) is 32.7 Å². The minimum absolute atomic E-state index is 0.0377. The largest absolute Gasteiger partial charge is 0.472 e. The molecule has 0 aromatic heterocycles. The van der Waals surface area contributed by atoms with Crippen molar-refractivity contribution in [2.45, 2.75) is 392 Å². The second-order valence-corrected chi connectivity index (χ2v) is 27.5. The van der Waals surface area contributed by atoms with Crippen LogP contribution >= 0.6 is 7.82 Å². The van der Waals surface area contributed by atoms with Crippen molar-refractivity contribution >= 4 is 19.8 Å². The average Bonchev–Trinajstić information content (AvgIpc) is 3.42. The van der Waals surface area contributed by atoms with Gasteiger partial charge >= 0.3 is 19.8 Å². The number of likely N-dealkylation sites (N-methyl/N-ethyl adjacent to an activating group) is 1. The van der Waals surface area contributed by atoms with Crippen LogP contribution in [0.1, 0.15) is 386 Å². The molecule has 0 heterocycles. The van der Waals surface area contributed by atoms with Gasteiger partial charge in [-0.1, -0.05) is 361 Å². The molecule has 1 N–H and O–H groups in total. The van der Waals surface area contributed by atoms with Gasteiger partial charge in [0.1, 0.15) is 19.8 Å². The van der Waals surface area contributed by atoms with E-state index in [-0.39, 0.29) is 25.6 Å². The summed E-state index contributed by atoms with van der Waals surface area (Å²) in [4.78, 5) is 35.9. The molecule has 2 unspecified atom stereocenters. The van der Waals surface area contributed by atoms with Gasteiger partial charge in [0.25, 0.3) is 0 Å². The van der Waals surface area contributed by atoms with Gasteiger partial charge in [-0.3, -0.25) is 18.6 Å². The zero-order chi connectivity index (χ0) is 58.4. The first kappa shape index (κ1) is 79.0. The number of nitrogens with zero attached hydrogens (tertiary/aromatic N) is 1. The molecule has 0 amide bonds. The summed E-state index contributed by atoms with van der Waals surface area (Å²) < 4.78 is 34.7. The summed E-state index contributed by atoms with van der Waals surface area (Å²) in [7, 11) is 1.51. The molecule has 0 saturated carbocycles. The quantitative estimate of drug-likeness (QED) is 0.0278. The van der Waals surface area contributed by atoms with E-state index in [9.17, 15) is 19.0 Å². The van der Waals surface area contributed by atoms with Gasteiger partial charge in [0.05, 0.1) is 27.7 Å². The Kier molecular flexibility index (Phi) is 61.8. The molecule has 0 aromatic rings. The first-order chi connectivity index (χ1) is 39.0. The minimum atomic E-state index is -4.38. The maximum atomic E-state index is 12.9. The molecule has 0 radical (unpaired) electrons. The third-order valence-electron chi connectivity index (χ3n) is 16.6. The Morgan fingerprint density at radius 3 is 0.800 bits per heavy atom. The molecular formula is C70H141NO8P+. The number of quaternary nitrogens is 1. The normalized spacial score (nSPS) is 13.0. The van der Waals surface area contributed by atoms with Crippen LogP contribution in [0.3, 0.4) is 0 Å². The van der Waals surface area contributed by atoms with E-state index in [0.717, 1.165) is 38.5 Å². The summed E-state index contributed by atoms with van der Waals surface area (Å²) in [6.45, 7) is 4.53. The van der Waals surface area contributed by atoms with E-state index >= 15 is 0 Å². The smallest absolute Gasteiger partial charge is 0.462 e. The minimum Gasteiger partial charge on any atom is -0.462 e. The average molecular weight is 1160 g/mol. The molecule has 0 spiro atoms. The molecule has 0 aliphatic rings. The molecule has 0 bridgehead atoms. The molecule has 10 heteroatoms. The number of phosphoric ester groups is 1. The molecule has 478 valence electrons. The van der Waals surface area contributed by atoms with Gasteiger partial charge in [0, 0.05) is 12.8 Å². The lowest BCUT2D eigenvalue weighted by atomic mass is 10.0. The number of hydrogen-bond donors (Lipinski definition) is 1. The summed E-state index contributed by atoms with van der Waals surface area (Å²) in [6, 6.07) is 0. The summed E-state index contributed by atoms with van der Waals surface area (Å²) in [5, 5.41) is 0. The van der Waals surface area contributed by atoms with Crippen LogP contribution in [0, 0.1) is 0 Å². The predicted molar refractivity (Wildman–Crippen MR) is 345 cm³/mol. The Balaban J connectivity index is 3.94. The monoisotopic (exact) mass is 1160 g/mol.